The fraction of sp³-hybridized carbons (Fsp3) is 0.389. The van der Waals surface area contributed by atoms with E-state index in [0.717, 1.165) is 29.5 Å². The third-order valence-electron chi connectivity index (χ3n) is 3.72. The van der Waals surface area contributed by atoms with Crippen molar-refractivity contribution in [1.29, 1.82) is 0 Å². The Balaban J connectivity index is 2.20. The smallest absolute Gasteiger partial charge is 0.245 e. The lowest BCUT2D eigenvalue weighted by Crippen LogP contribution is -2.39. The molecule has 0 radical (unpaired) electrons. The van der Waals surface area contributed by atoms with Gasteiger partial charge in [-0.2, -0.15) is 0 Å². The van der Waals surface area contributed by atoms with Crippen molar-refractivity contribution in [3.05, 3.63) is 34.7 Å². The Hall–Kier alpha value is -2.09. The number of carbonyl (C=O) groups is 2. The van der Waals surface area contributed by atoms with E-state index < -0.39 is 6.04 Å². The van der Waals surface area contributed by atoms with Crippen molar-refractivity contribution >= 4 is 28.2 Å². The Kier molecular flexibility index (Phi) is 6.81. The molecule has 0 aliphatic heterocycles. The van der Waals surface area contributed by atoms with Gasteiger partial charge in [0.2, 0.25) is 5.91 Å². The number of methoxy groups -OCH3 is 1. The Morgan fingerprint density at radius 2 is 2.16 bits per heavy atom. The molecule has 0 saturated heterocycles. The van der Waals surface area contributed by atoms with E-state index in [4.69, 9.17) is 10.5 Å². The van der Waals surface area contributed by atoms with E-state index in [1.54, 1.807) is 6.92 Å². The van der Waals surface area contributed by atoms with E-state index in [1.807, 2.05) is 23.6 Å². The summed E-state index contributed by atoms with van der Waals surface area (Å²) in [6, 6.07) is 5.05. The number of amides is 1. The van der Waals surface area contributed by atoms with Crippen LogP contribution in [0.25, 0.3) is 11.3 Å². The second kappa shape index (κ2) is 8.84. The fourth-order valence-electron chi connectivity index (χ4n) is 2.47. The lowest BCUT2D eigenvalue weighted by Gasteiger charge is -2.09. The zero-order valence-corrected chi connectivity index (χ0v) is 15.5. The number of benzene rings is 1. The molecule has 0 fully saturated rings. The predicted molar refractivity (Wildman–Crippen MR) is 100 cm³/mol. The quantitative estimate of drug-likeness (QED) is 0.705. The second-order valence-corrected chi connectivity index (χ2v) is 6.63. The highest BCUT2D eigenvalue weighted by Gasteiger charge is 2.16. The number of aryl methyl sites for hydroxylation is 1. The number of ether oxygens (including phenoxy) is 1. The molecule has 25 heavy (non-hydrogen) atoms. The van der Waals surface area contributed by atoms with Gasteiger partial charge in [-0.3, -0.25) is 9.59 Å². The first kappa shape index (κ1) is 19.2. The minimum absolute atomic E-state index is 0.0413. The first-order valence-corrected chi connectivity index (χ1v) is 8.99. The van der Waals surface area contributed by atoms with Crippen LogP contribution in [-0.4, -0.2) is 36.4 Å². The minimum Gasteiger partial charge on any atom is -0.383 e. The second-order valence-electron chi connectivity index (χ2n) is 5.77. The zero-order chi connectivity index (χ0) is 18.4. The number of thiazole rings is 1. The Morgan fingerprint density at radius 3 is 2.80 bits per heavy atom. The summed E-state index contributed by atoms with van der Waals surface area (Å²) < 4.78 is 4.87. The van der Waals surface area contributed by atoms with Crippen molar-refractivity contribution in [1.82, 2.24) is 4.98 Å². The van der Waals surface area contributed by atoms with Crippen molar-refractivity contribution in [3.8, 4) is 11.3 Å². The number of hydrogen-bond acceptors (Lipinski definition) is 6. The Morgan fingerprint density at radius 1 is 1.40 bits per heavy atom. The lowest BCUT2D eigenvalue weighted by molar-refractivity contribution is -0.118. The van der Waals surface area contributed by atoms with Crippen molar-refractivity contribution < 1.29 is 14.3 Å². The standard InChI is InChI=1S/C18H23N3O3S/c1-4-5-12-6-7-13(8-14(12)11(2)22)16-10-25-18(20-16)21-17(23)15(19)9-24-3/h6-8,10,15H,4-5,9,19H2,1-3H3,(H,20,21,23). The molecule has 0 spiro atoms. The van der Waals surface area contributed by atoms with Gasteiger partial charge >= 0.3 is 0 Å². The molecule has 1 aromatic carbocycles. The molecule has 0 saturated carbocycles. The molecule has 0 aliphatic carbocycles. The summed E-state index contributed by atoms with van der Waals surface area (Å²) in [5.41, 5.74) is 9.03. The number of carbonyl (C=O) groups excluding carboxylic acids is 2. The van der Waals surface area contributed by atoms with Gasteiger partial charge in [-0.15, -0.1) is 11.3 Å². The van der Waals surface area contributed by atoms with E-state index in [2.05, 4.69) is 17.2 Å². The summed E-state index contributed by atoms with van der Waals surface area (Å²) in [5, 5.41) is 4.99. The molecule has 0 aliphatic rings. The minimum atomic E-state index is -0.741. The van der Waals surface area contributed by atoms with Gasteiger partial charge in [0.25, 0.3) is 0 Å². The van der Waals surface area contributed by atoms with Crippen LogP contribution in [0.4, 0.5) is 5.13 Å². The molecular weight excluding hydrogens is 338 g/mol. The maximum Gasteiger partial charge on any atom is 0.245 e. The maximum atomic E-state index is 11.9. The SMILES string of the molecule is CCCc1ccc(-c2csc(NC(=O)C(N)COC)n2)cc1C(C)=O. The number of hydrogen-bond donors (Lipinski definition) is 2. The van der Waals surface area contributed by atoms with Crippen molar-refractivity contribution in [2.45, 2.75) is 32.7 Å². The van der Waals surface area contributed by atoms with E-state index >= 15 is 0 Å². The van der Waals surface area contributed by atoms with E-state index in [-0.39, 0.29) is 18.3 Å². The average Bonchev–Trinajstić information content (AvgIpc) is 3.04. The van der Waals surface area contributed by atoms with Gasteiger partial charge in [0, 0.05) is 23.6 Å². The van der Waals surface area contributed by atoms with Gasteiger partial charge in [0.1, 0.15) is 6.04 Å². The molecule has 1 heterocycles. The zero-order valence-electron chi connectivity index (χ0n) is 14.7. The van der Waals surface area contributed by atoms with E-state index in [1.165, 1.54) is 18.4 Å². The van der Waals surface area contributed by atoms with Crippen molar-refractivity contribution in [2.24, 2.45) is 5.73 Å². The summed E-state index contributed by atoms with van der Waals surface area (Å²) in [6.45, 7) is 3.80. The highest BCUT2D eigenvalue weighted by Crippen LogP contribution is 2.27. The molecule has 0 bridgehead atoms. The topological polar surface area (TPSA) is 94.3 Å². The molecular formula is C18H23N3O3S. The van der Waals surface area contributed by atoms with Gasteiger partial charge in [0.15, 0.2) is 10.9 Å². The first-order valence-electron chi connectivity index (χ1n) is 8.11. The normalized spacial score (nSPS) is 12.0. The number of aromatic nitrogens is 1. The highest BCUT2D eigenvalue weighted by molar-refractivity contribution is 7.14. The van der Waals surface area contributed by atoms with E-state index in [9.17, 15) is 9.59 Å². The molecule has 7 heteroatoms. The molecule has 134 valence electrons. The molecule has 2 rings (SSSR count). The van der Waals surface area contributed by atoms with Crippen molar-refractivity contribution in [2.75, 3.05) is 19.0 Å². The van der Waals surface area contributed by atoms with Gasteiger partial charge in [-0.25, -0.2) is 4.98 Å². The number of nitrogens with two attached hydrogens (primary N) is 1. The number of anilines is 1. The molecule has 6 nitrogen and oxygen atoms in total. The van der Waals surface area contributed by atoms with Crippen LogP contribution in [-0.2, 0) is 16.0 Å². The summed E-state index contributed by atoms with van der Waals surface area (Å²) >= 11 is 1.31. The molecule has 1 amide bonds. The lowest BCUT2D eigenvalue weighted by atomic mass is 9.97. The maximum absolute atomic E-state index is 11.9. The number of rotatable bonds is 8. The van der Waals surface area contributed by atoms with Gasteiger partial charge in [0.05, 0.1) is 12.3 Å². The Labute approximate surface area is 151 Å². The third kappa shape index (κ3) is 4.94. The third-order valence-corrected chi connectivity index (χ3v) is 4.48. The summed E-state index contributed by atoms with van der Waals surface area (Å²) in [7, 11) is 1.49. The number of ketones is 1. The summed E-state index contributed by atoms with van der Waals surface area (Å²) in [5.74, 6) is -0.301. The molecule has 1 unspecified atom stereocenters. The first-order chi connectivity index (χ1) is 12.0. The van der Waals surface area contributed by atoms with Crippen LogP contribution in [0.3, 0.4) is 0 Å². The van der Waals surface area contributed by atoms with Crippen LogP contribution in [0.15, 0.2) is 23.6 Å². The Bertz CT molecular complexity index is 758. The van der Waals surface area contributed by atoms with Crippen LogP contribution >= 0.6 is 11.3 Å². The van der Waals surface area contributed by atoms with Crippen LogP contribution in [0.2, 0.25) is 0 Å². The van der Waals surface area contributed by atoms with Crippen molar-refractivity contribution in [3.63, 3.8) is 0 Å². The number of nitrogens with one attached hydrogen (secondary N) is 1. The van der Waals surface area contributed by atoms with Crippen LogP contribution in [0.1, 0.15) is 36.2 Å². The molecule has 1 aromatic heterocycles. The fourth-order valence-corrected chi connectivity index (χ4v) is 3.19. The molecule has 1 atom stereocenters. The summed E-state index contributed by atoms with van der Waals surface area (Å²) in [6.07, 6.45) is 1.85. The molecule has 2 aromatic rings. The molecule has 3 N–H and O–H groups in total. The van der Waals surface area contributed by atoms with Crippen LogP contribution in [0, 0.1) is 0 Å². The highest BCUT2D eigenvalue weighted by atomic mass is 32.1. The van der Waals surface area contributed by atoms with E-state index in [0.29, 0.717) is 10.8 Å². The predicted octanol–water partition coefficient (Wildman–Crippen LogP) is 2.88. The average molecular weight is 361 g/mol. The van der Waals surface area contributed by atoms with Gasteiger partial charge < -0.3 is 15.8 Å². The van der Waals surface area contributed by atoms with Gasteiger partial charge in [-0.05, 0) is 25.0 Å². The number of nitrogens with zero attached hydrogens (tertiary/aromatic N) is 1. The van der Waals surface area contributed by atoms with Crippen LogP contribution < -0.4 is 11.1 Å². The van der Waals surface area contributed by atoms with Crippen LogP contribution in [0.5, 0.6) is 0 Å². The monoisotopic (exact) mass is 361 g/mol. The summed E-state index contributed by atoms with van der Waals surface area (Å²) in [4.78, 5) is 28.2. The van der Waals surface area contributed by atoms with Gasteiger partial charge in [-0.1, -0.05) is 25.5 Å². The largest absolute Gasteiger partial charge is 0.383 e. The number of Topliss-reactive ketones (excluding diaryl/α,β-unsaturated/α-hetero) is 1.